The molecule has 2 amide bonds. The third-order valence-electron chi connectivity index (χ3n) is 3.61. The molecule has 168 valence electrons. The zero-order chi connectivity index (χ0) is 23.3. The SMILES string of the molecule is CCOC(=O)[C@](NC(=O)Nc1sc(C)c(CC)c1C#N)(OCC(F)(F)F)C(F)(F)F. The Morgan fingerprint density at radius 2 is 1.77 bits per heavy atom. The monoisotopic (exact) mass is 461 g/mol. The van der Waals surface area contributed by atoms with Gasteiger partial charge in [-0.15, -0.1) is 11.3 Å². The van der Waals surface area contributed by atoms with E-state index >= 15 is 0 Å². The Morgan fingerprint density at radius 3 is 2.20 bits per heavy atom. The second kappa shape index (κ2) is 9.52. The quantitative estimate of drug-likeness (QED) is 0.363. The fraction of sp³-hybridized carbons (Fsp3) is 0.562. The zero-order valence-corrected chi connectivity index (χ0v) is 16.7. The van der Waals surface area contributed by atoms with Gasteiger partial charge in [0.05, 0.1) is 12.2 Å². The molecular formula is C16H17F6N3O4S. The van der Waals surface area contributed by atoms with E-state index in [9.17, 15) is 41.2 Å². The zero-order valence-electron chi connectivity index (χ0n) is 15.9. The minimum absolute atomic E-state index is 0.0138. The molecule has 1 aromatic rings. The van der Waals surface area contributed by atoms with E-state index in [0.717, 1.165) is 23.6 Å². The standard InChI is InChI=1S/C16H17F6N3O4S/c1-4-9-8(3)30-11(10(9)6-23)24-13(27)25-15(16(20,21)22,12(26)28-5-2)29-7-14(17,18)19/h4-5,7H2,1-3H3,(H2,24,25,27)/t15-/m0/s1. The van der Waals surface area contributed by atoms with E-state index in [1.165, 1.54) is 0 Å². The van der Waals surface area contributed by atoms with Crippen LogP contribution >= 0.6 is 11.3 Å². The molecule has 7 nitrogen and oxygen atoms in total. The highest BCUT2D eigenvalue weighted by Gasteiger charge is 2.66. The Balaban J connectivity index is 3.30. The number of halogens is 6. The first-order chi connectivity index (χ1) is 13.7. The molecular weight excluding hydrogens is 444 g/mol. The first-order valence-electron chi connectivity index (χ1n) is 8.28. The van der Waals surface area contributed by atoms with Crippen molar-refractivity contribution in [2.75, 3.05) is 18.5 Å². The molecule has 0 bridgehead atoms. The third-order valence-corrected chi connectivity index (χ3v) is 4.67. The molecule has 1 atom stereocenters. The van der Waals surface area contributed by atoms with Crippen molar-refractivity contribution in [2.45, 2.75) is 45.3 Å². The number of aryl methyl sites for hydroxylation is 1. The molecule has 1 heterocycles. The second-order valence-corrected chi connectivity index (χ2v) is 6.91. The van der Waals surface area contributed by atoms with Gasteiger partial charge in [0.15, 0.2) is 0 Å². The maximum Gasteiger partial charge on any atom is 0.448 e. The van der Waals surface area contributed by atoms with Crippen molar-refractivity contribution in [3.8, 4) is 6.07 Å². The fourth-order valence-corrected chi connectivity index (χ4v) is 3.43. The topological polar surface area (TPSA) is 100 Å². The average molecular weight is 461 g/mol. The molecule has 0 radical (unpaired) electrons. The summed E-state index contributed by atoms with van der Waals surface area (Å²) in [7, 11) is 0. The molecule has 0 aliphatic rings. The van der Waals surface area contributed by atoms with Crippen molar-refractivity contribution >= 4 is 28.3 Å². The number of alkyl halides is 6. The van der Waals surface area contributed by atoms with Crippen molar-refractivity contribution < 1.29 is 45.4 Å². The number of nitriles is 1. The van der Waals surface area contributed by atoms with Gasteiger partial charge < -0.3 is 9.47 Å². The molecule has 1 aromatic heterocycles. The van der Waals surface area contributed by atoms with Gasteiger partial charge in [-0.05, 0) is 25.8 Å². The lowest BCUT2D eigenvalue weighted by Crippen LogP contribution is -2.67. The summed E-state index contributed by atoms with van der Waals surface area (Å²) < 4.78 is 86.3. The van der Waals surface area contributed by atoms with E-state index in [1.54, 1.807) is 19.9 Å². The lowest BCUT2D eigenvalue weighted by atomic mass is 10.1. The average Bonchev–Trinajstić information content (AvgIpc) is 2.90. The van der Waals surface area contributed by atoms with Gasteiger partial charge in [-0.3, -0.25) is 10.6 Å². The summed E-state index contributed by atoms with van der Waals surface area (Å²) in [6, 6.07) is 0.0771. The van der Waals surface area contributed by atoms with E-state index < -0.39 is 43.3 Å². The molecule has 1 rings (SSSR count). The van der Waals surface area contributed by atoms with Crippen molar-refractivity contribution in [1.82, 2.24) is 5.32 Å². The molecule has 0 saturated heterocycles. The minimum atomic E-state index is -5.81. The van der Waals surface area contributed by atoms with Gasteiger partial charge >= 0.3 is 30.1 Å². The summed E-state index contributed by atoms with van der Waals surface area (Å²) in [6.45, 7) is 1.31. The summed E-state index contributed by atoms with van der Waals surface area (Å²) in [5.74, 6) is -2.28. The Bertz CT molecular complexity index is 831. The van der Waals surface area contributed by atoms with Gasteiger partial charge in [-0.25, -0.2) is 9.59 Å². The number of nitrogens with one attached hydrogen (secondary N) is 2. The van der Waals surface area contributed by atoms with Crippen LogP contribution in [0.5, 0.6) is 0 Å². The molecule has 0 saturated carbocycles. The van der Waals surface area contributed by atoms with Gasteiger partial charge in [0.2, 0.25) is 0 Å². The van der Waals surface area contributed by atoms with Crippen LogP contribution in [0.15, 0.2) is 0 Å². The van der Waals surface area contributed by atoms with Crippen LogP contribution in [0.25, 0.3) is 0 Å². The molecule has 0 spiro atoms. The Labute approximate surface area is 170 Å². The normalized spacial score (nSPS) is 13.9. The van der Waals surface area contributed by atoms with Gasteiger partial charge in [-0.2, -0.15) is 31.6 Å². The molecule has 0 fully saturated rings. The second-order valence-electron chi connectivity index (χ2n) is 5.69. The first-order valence-corrected chi connectivity index (χ1v) is 9.10. The van der Waals surface area contributed by atoms with Crippen LogP contribution in [0, 0.1) is 18.3 Å². The van der Waals surface area contributed by atoms with E-state index in [-0.39, 0.29) is 10.6 Å². The van der Waals surface area contributed by atoms with Gasteiger partial charge in [0, 0.05) is 4.88 Å². The van der Waals surface area contributed by atoms with Gasteiger partial charge in [0.1, 0.15) is 17.7 Å². The first kappa shape index (κ1) is 25.5. The largest absolute Gasteiger partial charge is 0.462 e. The smallest absolute Gasteiger partial charge is 0.448 e. The summed E-state index contributed by atoms with van der Waals surface area (Å²) in [5.41, 5.74) is -3.89. The fourth-order valence-electron chi connectivity index (χ4n) is 2.34. The minimum Gasteiger partial charge on any atom is -0.462 e. The summed E-state index contributed by atoms with van der Waals surface area (Å²) >= 11 is 0.876. The van der Waals surface area contributed by atoms with Crippen LogP contribution in [0.1, 0.15) is 29.9 Å². The van der Waals surface area contributed by atoms with Gasteiger partial charge in [0.25, 0.3) is 0 Å². The third kappa shape index (κ3) is 5.76. The van der Waals surface area contributed by atoms with Crippen LogP contribution in [0.3, 0.4) is 0 Å². The van der Waals surface area contributed by atoms with Crippen LogP contribution in [-0.2, 0) is 20.7 Å². The van der Waals surface area contributed by atoms with Crippen LogP contribution in [0.4, 0.5) is 36.1 Å². The predicted molar refractivity (Wildman–Crippen MR) is 92.7 cm³/mol. The van der Waals surface area contributed by atoms with Crippen LogP contribution in [-0.4, -0.2) is 43.3 Å². The lowest BCUT2D eigenvalue weighted by molar-refractivity contribution is -0.305. The molecule has 0 aromatic carbocycles. The molecule has 0 aliphatic carbocycles. The van der Waals surface area contributed by atoms with E-state index in [4.69, 9.17) is 0 Å². The Morgan fingerprint density at radius 1 is 1.17 bits per heavy atom. The van der Waals surface area contributed by atoms with E-state index in [1.807, 2.05) is 5.32 Å². The number of rotatable bonds is 7. The number of carbonyl (C=O) groups is 2. The number of urea groups is 1. The van der Waals surface area contributed by atoms with E-state index in [0.29, 0.717) is 16.9 Å². The van der Waals surface area contributed by atoms with Gasteiger partial charge in [-0.1, -0.05) is 6.92 Å². The number of anilines is 1. The maximum absolute atomic E-state index is 13.6. The number of ether oxygens (including phenoxy) is 2. The van der Waals surface area contributed by atoms with E-state index in [2.05, 4.69) is 9.47 Å². The molecule has 30 heavy (non-hydrogen) atoms. The van der Waals surface area contributed by atoms with Crippen LogP contribution in [0.2, 0.25) is 0 Å². The number of carbonyl (C=O) groups excluding carboxylic acids is 2. The Kier molecular flexibility index (Phi) is 8.09. The number of esters is 1. The van der Waals surface area contributed by atoms with Crippen molar-refractivity contribution in [3.63, 3.8) is 0 Å². The summed E-state index contributed by atoms with van der Waals surface area (Å²) in [5, 5.41) is 12.1. The molecule has 14 heteroatoms. The highest BCUT2D eigenvalue weighted by Crippen LogP contribution is 2.36. The number of amides is 2. The lowest BCUT2D eigenvalue weighted by Gasteiger charge is -2.33. The predicted octanol–water partition coefficient (Wildman–Crippen LogP) is 4.01. The molecule has 0 unspecified atom stereocenters. The summed E-state index contributed by atoms with van der Waals surface area (Å²) in [6.07, 6.45) is -10.7. The van der Waals surface area contributed by atoms with Crippen molar-refractivity contribution in [2.24, 2.45) is 0 Å². The number of hydrogen-bond donors (Lipinski definition) is 2. The van der Waals surface area contributed by atoms with Crippen LogP contribution < -0.4 is 10.6 Å². The van der Waals surface area contributed by atoms with Crippen molar-refractivity contribution in [1.29, 1.82) is 5.26 Å². The Hall–Kier alpha value is -2.53. The highest BCUT2D eigenvalue weighted by atomic mass is 32.1. The maximum atomic E-state index is 13.6. The molecule has 2 N–H and O–H groups in total. The van der Waals surface area contributed by atoms with Crippen molar-refractivity contribution in [3.05, 3.63) is 16.0 Å². The molecule has 0 aliphatic heterocycles. The number of nitrogens with zero attached hydrogens (tertiary/aromatic N) is 1. The highest BCUT2D eigenvalue weighted by molar-refractivity contribution is 7.16. The number of hydrogen-bond acceptors (Lipinski definition) is 6. The summed E-state index contributed by atoms with van der Waals surface area (Å²) in [4.78, 5) is 24.7. The number of thiophene rings is 1.